The largest absolute Gasteiger partial charge is 0.390 e. The van der Waals surface area contributed by atoms with Gasteiger partial charge in [-0.2, -0.15) is 0 Å². The van der Waals surface area contributed by atoms with Crippen LogP contribution in [0.5, 0.6) is 0 Å². The molecule has 126 valence electrons. The van der Waals surface area contributed by atoms with E-state index in [2.05, 4.69) is 15.2 Å². The number of amides is 1. The standard InChI is InChI=1S/C17H26N4O2/c18-16(23)17-6-1-4-14(5-7-17)21(17)12-15(22)11-20-10-13-3-2-8-19-9-13/h2-3,8-9,14-15,20,22H,1,4-7,10-12H2,(H2,18,23)/t14-,15?,17?/m1/s1. The number of hydrogen-bond acceptors (Lipinski definition) is 5. The Labute approximate surface area is 137 Å². The number of fused-ring (bicyclic) bond motifs is 2. The highest BCUT2D eigenvalue weighted by atomic mass is 16.3. The number of piperidine rings is 1. The first-order valence-electron chi connectivity index (χ1n) is 8.46. The van der Waals surface area contributed by atoms with Crippen LogP contribution in [0.3, 0.4) is 0 Å². The Hall–Kier alpha value is -1.50. The molecular weight excluding hydrogens is 292 g/mol. The number of nitrogens with two attached hydrogens (primary N) is 1. The van der Waals surface area contributed by atoms with E-state index in [1.165, 1.54) is 0 Å². The number of carbonyl (C=O) groups excluding carboxylic acids is 1. The van der Waals surface area contributed by atoms with E-state index < -0.39 is 11.6 Å². The van der Waals surface area contributed by atoms with Crippen LogP contribution >= 0.6 is 0 Å². The molecular formula is C17H26N4O2. The van der Waals surface area contributed by atoms with E-state index in [-0.39, 0.29) is 5.91 Å². The Morgan fingerprint density at radius 2 is 2.39 bits per heavy atom. The minimum Gasteiger partial charge on any atom is -0.390 e. The van der Waals surface area contributed by atoms with E-state index in [1.54, 1.807) is 6.20 Å². The fourth-order valence-electron chi connectivity index (χ4n) is 4.14. The summed E-state index contributed by atoms with van der Waals surface area (Å²) in [4.78, 5) is 18.2. The molecule has 2 aliphatic heterocycles. The molecule has 1 aromatic heterocycles. The molecule has 2 bridgehead atoms. The van der Waals surface area contributed by atoms with E-state index in [0.717, 1.165) is 37.7 Å². The van der Waals surface area contributed by atoms with Crippen LogP contribution in [0.25, 0.3) is 0 Å². The summed E-state index contributed by atoms with van der Waals surface area (Å²) in [5.41, 5.74) is 6.27. The van der Waals surface area contributed by atoms with Gasteiger partial charge in [0.15, 0.2) is 0 Å². The van der Waals surface area contributed by atoms with Gasteiger partial charge in [0, 0.05) is 38.1 Å². The van der Waals surface area contributed by atoms with Crippen LogP contribution in [0.4, 0.5) is 0 Å². The third-order valence-corrected chi connectivity index (χ3v) is 5.31. The second-order valence-corrected chi connectivity index (χ2v) is 6.78. The molecule has 0 spiro atoms. The lowest BCUT2D eigenvalue weighted by atomic mass is 9.87. The number of rotatable bonds is 7. The number of hydrogen-bond donors (Lipinski definition) is 3. The van der Waals surface area contributed by atoms with Crippen molar-refractivity contribution in [1.29, 1.82) is 0 Å². The van der Waals surface area contributed by atoms with Crippen molar-refractivity contribution in [3.63, 3.8) is 0 Å². The van der Waals surface area contributed by atoms with Crippen LogP contribution in [-0.2, 0) is 11.3 Å². The third-order valence-electron chi connectivity index (χ3n) is 5.31. The maximum atomic E-state index is 12.0. The van der Waals surface area contributed by atoms with Gasteiger partial charge in [-0.05, 0) is 43.7 Å². The van der Waals surface area contributed by atoms with Gasteiger partial charge in [0.05, 0.1) is 6.10 Å². The average Bonchev–Trinajstić information content (AvgIpc) is 2.75. The molecule has 2 unspecified atom stereocenters. The smallest absolute Gasteiger partial charge is 0.237 e. The van der Waals surface area contributed by atoms with Crippen LogP contribution in [0.15, 0.2) is 24.5 Å². The van der Waals surface area contributed by atoms with Crippen molar-refractivity contribution in [2.75, 3.05) is 13.1 Å². The van der Waals surface area contributed by atoms with Crippen molar-refractivity contribution in [2.45, 2.75) is 56.3 Å². The van der Waals surface area contributed by atoms with Gasteiger partial charge in [0.2, 0.25) is 5.91 Å². The van der Waals surface area contributed by atoms with Crippen molar-refractivity contribution in [3.8, 4) is 0 Å². The highest BCUT2D eigenvalue weighted by Crippen LogP contribution is 2.43. The Balaban J connectivity index is 1.53. The van der Waals surface area contributed by atoms with E-state index >= 15 is 0 Å². The lowest BCUT2D eigenvalue weighted by molar-refractivity contribution is -0.132. The molecule has 6 nitrogen and oxygen atoms in total. The zero-order valence-corrected chi connectivity index (χ0v) is 13.4. The summed E-state index contributed by atoms with van der Waals surface area (Å²) < 4.78 is 0. The molecule has 0 aliphatic carbocycles. The predicted molar refractivity (Wildman–Crippen MR) is 87.5 cm³/mol. The second kappa shape index (κ2) is 6.95. The van der Waals surface area contributed by atoms with Crippen LogP contribution < -0.4 is 11.1 Å². The number of pyridine rings is 1. The number of β-amino-alcohol motifs (C(OH)–C–C–N with tert-alkyl or cyclic N) is 1. The van der Waals surface area contributed by atoms with Crippen molar-refractivity contribution >= 4 is 5.91 Å². The van der Waals surface area contributed by atoms with Crippen LogP contribution in [0, 0.1) is 0 Å². The highest BCUT2D eigenvalue weighted by molar-refractivity contribution is 5.85. The number of aliphatic hydroxyl groups is 1. The van der Waals surface area contributed by atoms with E-state index in [9.17, 15) is 9.90 Å². The van der Waals surface area contributed by atoms with Crippen molar-refractivity contribution in [2.24, 2.45) is 5.73 Å². The molecule has 1 aromatic rings. The number of aliphatic hydroxyl groups excluding tert-OH is 1. The van der Waals surface area contributed by atoms with Crippen molar-refractivity contribution < 1.29 is 9.90 Å². The summed E-state index contributed by atoms with van der Waals surface area (Å²) >= 11 is 0. The average molecular weight is 318 g/mol. The maximum absolute atomic E-state index is 12.0. The summed E-state index contributed by atoms with van der Waals surface area (Å²) in [5, 5.41) is 13.6. The molecule has 4 N–H and O–H groups in total. The SMILES string of the molecule is NC(=O)C12CCC[C@H](CC1)N2CC(O)CNCc1cccnc1. The summed E-state index contributed by atoms with van der Waals surface area (Å²) in [6, 6.07) is 4.29. The fourth-order valence-corrected chi connectivity index (χ4v) is 4.14. The van der Waals surface area contributed by atoms with E-state index in [4.69, 9.17) is 5.73 Å². The lowest BCUT2D eigenvalue weighted by Gasteiger charge is -2.43. The molecule has 6 heteroatoms. The zero-order valence-electron chi connectivity index (χ0n) is 13.4. The number of nitrogens with zero attached hydrogens (tertiary/aromatic N) is 2. The molecule has 23 heavy (non-hydrogen) atoms. The summed E-state index contributed by atoms with van der Waals surface area (Å²) in [6.45, 7) is 1.68. The summed E-state index contributed by atoms with van der Waals surface area (Å²) in [6.07, 6.45) is 7.88. The maximum Gasteiger partial charge on any atom is 0.237 e. The number of primary amides is 1. The van der Waals surface area contributed by atoms with Gasteiger partial charge in [-0.25, -0.2) is 0 Å². The van der Waals surface area contributed by atoms with Gasteiger partial charge < -0.3 is 16.2 Å². The van der Waals surface area contributed by atoms with Gasteiger partial charge in [-0.15, -0.1) is 0 Å². The van der Waals surface area contributed by atoms with Crippen LogP contribution in [-0.4, -0.2) is 51.7 Å². The van der Waals surface area contributed by atoms with Crippen molar-refractivity contribution in [1.82, 2.24) is 15.2 Å². The van der Waals surface area contributed by atoms with Crippen LogP contribution in [0.1, 0.15) is 37.7 Å². The monoisotopic (exact) mass is 318 g/mol. The molecule has 0 aromatic carbocycles. The quantitative estimate of drug-likeness (QED) is 0.677. The van der Waals surface area contributed by atoms with Gasteiger partial charge in [0.1, 0.15) is 5.54 Å². The minimum atomic E-state index is -0.521. The van der Waals surface area contributed by atoms with E-state index in [1.807, 2.05) is 18.3 Å². The molecule has 3 heterocycles. The first-order valence-corrected chi connectivity index (χ1v) is 8.46. The van der Waals surface area contributed by atoms with Gasteiger partial charge in [0.25, 0.3) is 0 Å². The number of carbonyl (C=O) groups is 1. The number of aromatic nitrogens is 1. The van der Waals surface area contributed by atoms with E-state index in [0.29, 0.717) is 25.7 Å². The molecule has 3 atom stereocenters. The Kier molecular flexibility index (Phi) is 4.94. The molecule has 0 radical (unpaired) electrons. The molecule has 2 fully saturated rings. The van der Waals surface area contributed by atoms with Gasteiger partial charge >= 0.3 is 0 Å². The first kappa shape index (κ1) is 16.4. The first-order chi connectivity index (χ1) is 11.1. The predicted octanol–water partition coefficient (Wildman–Crippen LogP) is 0.405. The molecule has 3 rings (SSSR count). The summed E-state index contributed by atoms with van der Waals surface area (Å²) in [5.74, 6) is -0.227. The molecule has 1 amide bonds. The zero-order chi connectivity index (χ0) is 16.3. The van der Waals surface area contributed by atoms with Crippen molar-refractivity contribution in [3.05, 3.63) is 30.1 Å². The van der Waals surface area contributed by atoms with Crippen LogP contribution in [0.2, 0.25) is 0 Å². The Morgan fingerprint density at radius 1 is 1.52 bits per heavy atom. The number of nitrogens with one attached hydrogen (secondary N) is 1. The van der Waals surface area contributed by atoms with Gasteiger partial charge in [-0.1, -0.05) is 6.07 Å². The lowest BCUT2D eigenvalue weighted by Crippen LogP contribution is -2.60. The second-order valence-electron chi connectivity index (χ2n) is 6.78. The Bertz CT molecular complexity index is 535. The normalized spacial score (nSPS) is 28.7. The summed E-state index contributed by atoms with van der Waals surface area (Å²) in [7, 11) is 0. The molecule has 0 saturated carbocycles. The molecule has 2 saturated heterocycles. The Morgan fingerprint density at radius 3 is 3.13 bits per heavy atom. The fraction of sp³-hybridized carbons (Fsp3) is 0.647. The minimum absolute atomic E-state index is 0.227. The highest BCUT2D eigenvalue weighted by Gasteiger charge is 2.52. The van der Waals surface area contributed by atoms with Gasteiger partial charge in [-0.3, -0.25) is 14.7 Å². The molecule has 2 aliphatic rings. The third kappa shape index (κ3) is 3.39. The topological polar surface area (TPSA) is 91.5 Å².